The molecule has 0 atom stereocenters. The standard InChI is InChI=1S/C11H13N3O6/c1-7-9(13(16)17)5-8(6-10(7)14(18)19)11(15)12-3-4-20-2/h5-6H,3-4H2,1-2H3,(H,12,15). The average molecular weight is 283 g/mol. The van der Waals surface area contributed by atoms with Crippen molar-refractivity contribution in [1.82, 2.24) is 5.32 Å². The lowest BCUT2D eigenvalue weighted by molar-refractivity contribution is -0.395. The Labute approximate surface area is 113 Å². The van der Waals surface area contributed by atoms with Gasteiger partial charge in [-0.15, -0.1) is 0 Å². The van der Waals surface area contributed by atoms with Crippen LogP contribution in [-0.4, -0.2) is 36.0 Å². The molecule has 9 nitrogen and oxygen atoms in total. The fraction of sp³-hybridized carbons (Fsp3) is 0.364. The maximum absolute atomic E-state index is 11.8. The van der Waals surface area contributed by atoms with Crippen molar-refractivity contribution in [2.75, 3.05) is 20.3 Å². The molecule has 0 aliphatic rings. The van der Waals surface area contributed by atoms with Crippen LogP contribution in [0, 0.1) is 27.2 Å². The van der Waals surface area contributed by atoms with Crippen LogP contribution in [0.2, 0.25) is 0 Å². The van der Waals surface area contributed by atoms with Crippen LogP contribution in [0.5, 0.6) is 0 Å². The summed E-state index contributed by atoms with van der Waals surface area (Å²) in [6, 6.07) is 2.04. The Balaban J connectivity index is 3.17. The van der Waals surface area contributed by atoms with Gasteiger partial charge in [-0.1, -0.05) is 0 Å². The predicted octanol–water partition coefficient (Wildman–Crippen LogP) is 1.19. The van der Waals surface area contributed by atoms with E-state index in [2.05, 4.69) is 5.32 Å². The van der Waals surface area contributed by atoms with Crippen molar-refractivity contribution >= 4 is 17.3 Å². The largest absolute Gasteiger partial charge is 0.383 e. The summed E-state index contributed by atoms with van der Waals surface area (Å²) >= 11 is 0. The molecule has 0 spiro atoms. The Morgan fingerprint density at radius 1 is 1.25 bits per heavy atom. The van der Waals surface area contributed by atoms with E-state index in [0.29, 0.717) is 0 Å². The highest BCUT2D eigenvalue weighted by Gasteiger charge is 2.25. The van der Waals surface area contributed by atoms with Crippen molar-refractivity contribution in [3.8, 4) is 0 Å². The average Bonchev–Trinajstić information content (AvgIpc) is 2.38. The molecule has 0 aliphatic heterocycles. The van der Waals surface area contributed by atoms with Crippen molar-refractivity contribution in [2.45, 2.75) is 6.92 Å². The summed E-state index contributed by atoms with van der Waals surface area (Å²) in [7, 11) is 1.45. The minimum Gasteiger partial charge on any atom is -0.383 e. The number of amides is 1. The minimum atomic E-state index is -0.756. The summed E-state index contributed by atoms with van der Waals surface area (Å²) in [5.74, 6) is -0.631. The van der Waals surface area contributed by atoms with E-state index in [4.69, 9.17) is 4.74 Å². The number of hydrogen-bond donors (Lipinski definition) is 1. The molecule has 0 saturated carbocycles. The molecule has 0 aliphatic carbocycles. The van der Waals surface area contributed by atoms with Gasteiger partial charge in [0.05, 0.1) is 22.0 Å². The van der Waals surface area contributed by atoms with Crippen molar-refractivity contribution in [2.24, 2.45) is 0 Å². The number of hydrogen-bond acceptors (Lipinski definition) is 6. The molecule has 0 saturated heterocycles. The lowest BCUT2D eigenvalue weighted by atomic mass is 10.1. The fourth-order valence-corrected chi connectivity index (χ4v) is 1.56. The second-order valence-electron chi connectivity index (χ2n) is 3.90. The number of nitrogens with one attached hydrogen (secondary N) is 1. The molecule has 108 valence electrons. The zero-order chi connectivity index (χ0) is 15.3. The molecule has 9 heteroatoms. The monoisotopic (exact) mass is 283 g/mol. The molecule has 0 unspecified atom stereocenters. The van der Waals surface area contributed by atoms with Crippen LogP contribution < -0.4 is 5.32 Å². The summed E-state index contributed by atoms with van der Waals surface area (Å²) < 4.78 is 4.74. The van der Waals surface area contributed by atoms with Gasteiger partial charge in [0.25, 0.3) is 17.3 Å². The number of methoxy groups -OCH3 is 1. The first kappa shape index (κ1) is 15.5. The minimum absolute atomic E-state index is 0.0894. The van der Waals surface area contributed by atoms with Gasteiger partial charge < -0.3 is 10.1 Å². The topological polar surface area (TPSA) is 125 Å². The second-order valence-corrected chi connectivity index (χ2v) is 3.90. The van der Waals surface area contributed by atoms with Crippen molar-refractivity contribution in [1.29, 1.82) is 0 Å². The molecular weight excluding hydrogens is 270 g/mol. The van der Waals surface area contributed by atoms with Gasteiger partial charge in [-0.25, -0.2) is 0 Å². The molecule has 1 aromatic rings. The number of nitro benzene ring substituents is 2. The smallest absolute Gasteiger partial charge is 0.279 e. The first-order chi connectivity index (χ1) is 9.38. The van der Waals surface area contributed by atoms with Gasteiger partial charge in [0.1, 0.15) is 5.56 Å². The SMILES string of the molecule is COCCNC(=O)c1cc([N+](=O)[O-])c(C)c([N+](=O)[O-])c1. The number of carbonyl (C=O) groups is 1. The van der Waals surface area contributed by atoms with E-state index in [1.165, 1.54) is 14.0 Å². The molecule has 0 bridgehead atoms. The van der Waals surface area contributed by atoms with Crippen LogP contribution in [0.1, 0.15) is 15.9 Å². The van der Waals surface area contributed by atoms with Crippen LogP contribution in [0.3, 0.4) is 0 Å². The Bertz CT molecular complexity index is 522. The predicted molar refractivity (Wildman–Crippen MR) is 68.7 cm³/mol. The van der Waals surface area contributed by atoms with Crippen LogP contribution in [0.4, 0.5) is 11.4 Å². The maximum atomic E-state index is 11.8. The maximum Gasteiger partial charge on any atom is 0.279 e. The molecular formula is C11H13N3O6. The molecule has 1 rings (SSSR count). The lowest BCUT2D eigenvalue weighted by Crippen LogP contribution is -2.27. The number of carbonyl (C=O) groups excluding carboxylic acids is 1. The van der Waals surface area contributed by atoms with Crippen LogP contribution in [0.25, 0.3) is 0 Å². The van der Waals surface area contributed by atoms with Crippen LogP contribution in [-0.2, 0) is 4.74 Å². The van der Waals surface area contributed by atoms with E-state index in [9.17, 15) is 25.0 Å². The van der Waals surface area contributed by atoms with Crippen molar-refractivity contribution in [3.63, 3.8) is 0 Å². The van der Waals surface area contributed by atoms with Crippen LogP contribution >= 0.6 is 0 Å². The normalized spacial score (nSPS) is 10.1. The second kappa shape index (κ2) is 6.57. The van der Waals surface area contributed by atoms with E-state index in [1.54, 1.807) is 0 Å². The van der Waals surface area contributed by atoms with E-state index < -0.39 is 27.1 Å². The highest BCUT2D eigenvalue weighted by atomic mass is 16.6. The fourth-order valence-electron chi connectivity index (χ4n) is 1.56. The first-order valence-electron chi connectivity index (χ1n) is 5.59. The van der Waals surface area contributed by atoms with E-state index in [-0.39, 0.29) is 24.3 Å². The zero-order valence-electron chi connectivity index (χ0n) is 10.9. The molecule has 0 heterocycles. The summed E-state index contributed by atoms with van der Waals surface area (Å²) in [5, 5.41) is 24.2. The molecule has 0 radical (unpaired) electrons. The number of nitro groups is 2. The van der Waals surface area contributed by atoms with Gasteiger partial charge in [-0.05, 0) is 6.92 Å². The van der Waals surface area contributed by atoms with E-state index in [1.807, 2.05) is 0 Å². The molecule has 1 amide bonds. The Kier molecular flexibility index (Phi) is 5.09. The molecule has 0 aromatic heterocycles. The summed E-state index contributed by atoms with van der Waals surface area (Å²) in [4.78, 5) is 32.0. The Morgan fingerprint density at radius 3 is 2.15 bits per heavy atom. The Morgan fingerprint density at radius 2 is 1.75 bits per heavy atom. The Hall–Kier alpha value is -2.55. The van der Waals surface area contributed by atoms with Gasteiger partial charge >= 0.3 is 0 Å². The van der Waals surface area contributed by atoms with Gasteiger partial charge in [0.2, 0.25) is 0 Å². The third-order valence-electron chi connectivity index (χ3n) is 2.60. The molecule has 1 N–H and O–H groups in total. The summed E-state index contributed by atoms with van der Waals surface area (Å²) in [5.41, 5.74) is -1.15. The molecule has 1 aromatic carbocycles. The third kappa shape index (κ3) is 3.48. The van der Waals surface area contributed by atoms with Crippen molar-refractivity contribution in [3.05, 3.63) is 43.5 Å². The van der Waals surface area contributed by atoms with Gasteiger partial charge in [-0.3, -0.25) is 25.0 Å². The molecule has 20 heavy (non-hydrogen) atoms. The van der Waals surface area contributed by atoms with Gasteiger partial charge in [-0.2, -0.15) is 0 Å². The number of benzene rings is 1. The van der Waals surface area contributed by atoms with Gasteiger partial charge in [0, 0.05) is 25.8 Å². The first-order valence-corrected chi connectivity index (χ1v) is 5.59. The zero-order valence-corrected chi connectivity index (χ0v) is 10.9. The van der Waals surface area contributed by atoms with Gasteiger partial charge in [0.15, 0.2) is 0 Å². The number of ether oxygens (including phenoxy) is 1. The highest BCUT2D eigenvalue weighted by molar-refractivity contribution is 5.96. The van der Waals surface area contributed by atoms with Crippen molar-refractivity contribution < 1.29 is 19.4 Å². The third-order valence-corrected chi connectivity index (χ3v) is 2.60. The summed E-state index contributed by atoms with van der Waals surface area (Å²) in [6.07, 6.45) is 0. The number of nitrogens with zero attached hydrogens (tertiary/aromatic N) is 2. The quantitative estimate of drug-likeness (QED) is 0.475. The van der Waals surface area contributed by atoms with E-state index in [0.717, 1.165) is 12.1 Å². The lowest BCUT2D eigenvalue weighted by Gasteiger charge is -2.06. The van der Waals surface area contributed by atoms with Crippen LogP contribution in [0.15, 0.2) is 12.1 Å². The number of rotatable bonds is 6. The highest BCUT2D eigenvalue weighted by Crippen LogP contribution is 2.29. The molecule has 0 fully saturated rings. The van der Waals surface area contributed by atoms with E-state index >= 15 is 0 Å². The summed E-state index contributed by atoms with van der Waals surface area (Å²) in [6.45, 7) is 1.73.